The number of hydrogen-bond acceptors (Lipinski definition) is 6. The maximum Gasteiger partial charge on any atom is 0.426 e. The van der Waals surface area contributed by atoms with Gasteiger partial charge in [-0.1, -0.05) is 13.3 Å². The molecule has 1 aromatic heterocycles. The molecule has 7 heteroatoms. The van der Waals surface area contributed by atoms with E-state index in [9.17, 15) is 4.79 Å². The van der Waals surface area contributed by atoms with E-state index in [1.165, 1.54) is 29.8 Å². The van der Waals surface area contributed by atoms with E-state index < -0.39 is 0 Å². The first-order valence-corrected chi connectivity index (χ1v) is 11.5. The Kier molecular flexibility index (Phi) is 8.35. The highest BCUT2D eigenvalue weighted by molar-refractivity contribution is 7.09. The third kappa shape index (κ3) is 6.43. The first-order chi connectivity index (χ1) is 13.3. The lowest BCUT2D eigenvalue weighted by atomic mass is 9.96. The summed E-state index contributed by atoms with van der Waals surface area (Å²) in [7, 11) is 0. The predicted molar refractivity (Wildman–Crippen MR) is 109 cm³/mol. The third-order valence-corrected chi connectivity index (χ3v) is 6.45. The van der Waals surface area contributed by atoms with Gasteiger partial charge in [-0.15, -0.1) is 16.4 Å². The second kappa shape index (κ2) is 11.0. The maximum absolute atomic E-state index is 11.9. The number of nitrogens with one attached hydrogen (secondary N) is 1. The summed E-state index contributed by atoms with van der Waals surface area (Å²) in [4.78, 5) is 25.8. The van der Waals surface area contributed by atoms with Crippen molar-refractivity contribution < 1.29 is 9.63 Å². The minimum absolute atomic E-state index is 0.299. The molecule has 1 saturated heterocycles. The Morgan fingerprint density at radius 1 is 1.33 bits per heavy atom. The predicted octanol–water partition coefficient (Wildman–Crippen LogP) is 3.62. The van der Waals surface area contributed by atoms with Crippen molar-refractivity contribution in [1.82, 2.24) is 20.3 Å². The van der Waals surface area contributed by atoms with Crippen molar-refractivity contribution in [2.75, 3.05) is 32.7 Å². The minimum atomic E-state index is -0.299. The quantitative estimate of drug-likeness (QED) is 0.648. The van der Waals surface area contributed by atoms with Crippen LogP contribution in [0.25, 0.3) is 0 Å². The van der Waals surface area contributed by atoms with E-state index in [0.29, 0.717) is 12.6 Å². The zero-order valence-corrected chi connectivity index (χ0v) is 17.4. The van der Waals surface area contributed by atoms with E-state index in [4.69, 9.17) is 4.84 Å². The lowest BCUT2D eigenvalue weighted by Crippen LogP contribution is -2.40. The van der Waals surface area contributed by atoms with E-state index in [0.717, 1.165) is 64.7 Å². The monoisotopic (exact) mass is 394 g/mol. The normalized spacial score (nSPS) is 20.4. The van der Waals surface area contributed by atoms with E-state index in [-0.39, 0.29) is 6.09 Å². The fourth-order valence-electron chi connectivity index (χ4n) is 4.09. The summed E-state index contributed by atoms with van der Waals surface area (Å²) in [6, 6.07) is 0.648. The van der Waals surface area contributed by atoms with Crippen LogP contribution in [0.4, 0.5) is 4.79 Å². The summed E-state index contributed by atoms with van der Waals surface area (Å²) >= 11 is 1.81. The first kappa shape index (κ1) is 20.6. The Hall–Kier alpha value is -1.18. The van der Waals surface area contributed by atoms with Crippen LogP contribution >= 0.6 is 11.3 Å². The number of hydrogen-bond donors (Lipinski definition) is 1. The van der Waals surface area contributed by atoms with E-state index >= 15 is 0 Å². The Labute approximate surface area is 167 Å². The SMILES string of the molecule is CCCN(CCCCNC(=O)ON1CCCCC1)C1CCc2ncsc2C1. The molecule has 2 heterocycles. The van der Waals surface area contributed by atoms with Crippen LogP contribution in [0.5, 0.6) is 0 Å². The maximum atomic E-state index is 11.9. The van der Waals surface area contributed by atoms with Crippen LogP contribution in [0.15, 0.2) is 5.51 Å². The van der Waals surface area contributed by atoms with Gasteiger partial charge in [0.1, 0.15) is 0 Å². The second-order valence-corrected chi connectivity index (χ2v) is 8.60. The van der Waals surface area contributed by atoms with Gasteiger partial charge in [-0.3, -0.25) is 0 Å². The highest BCUT2D eigenvalue weighted by Gasteiger charge is 2.25. The number of thiazole rings is 1. The molecular formula is C20H34N4O2S. The number of fused-ring (bicyclic) bond motifs is 1. The highest BCUT2D eigenvalue weighted by atomic mass is 32.1. The van der Waals surface area contributed by atoms with Crippen LogP contribution in [0.1, 0.15) is 62.4 Å². The van der Waals surface area contributed by atoms with Crippen molar-refractivity contribution in [2.45, 2.75) is 70.8 Å². The lowest BCUT2D eigenvalue weighted by Gasteiger charge is -2.33. The van der Waals surface area contributed by atoms with Crippen LogP contribution < -0.4 is 5.32 Å². The van der Waals surface area contributed by atoms with Crippen molar-refractivity contribution in [2.24, 2.45) is 0 Å². The molecule has 0 spiro atoms. The molecule has 3 rings (SSSR count). The van der Waals surface area contributed by atoms with Crippen LogP contribution in [0.3, 0.4) is 0 Å². The number of rotatable bonds is 9. The molecule has 1 fully saturated rings. The Morgan fingerprint density at radius 3 is 3.00 bits per heavy atom. The number of aryl methyl sites for hydroxylation is 1. The highest BCUT2D eigenvalue weighted by Crippen LogP contribution is 2.27. The second-order valence-electron chi connectivity index (χ2n) is 7.66. The zero-order valence-electron chi connectivity index (χ0n) is 16.6. The van der Waals surface area contributed by atoms with Crippen molar-refractivity contribution in [3.05, 3.63) is 16.1 Å². The Morgan fingerprint density at radius 2 is 2.19 bits per heavy atom. The van der Waals surface area contributed by atoms with Gasteiger partial charge in [-0.2, -0.15) is 0 Å². The molecule has 0 saturated carbocycles. The third-order valence-electron chi connectivity index (χ3n) is 5.56. The van der Waals surface area contributed by atoms with Gasteiger partial charge in [0, 0.05) is 30.6 Å². The standard InChI is InChI=1S/C20H34N4O2S/c1-2-11-23(17-8-9-18-19(15-17)27-16-22-18)12-7-4-10-21-20(25)26-24-13-5-3-6-14-24/h16-17H,2-15H2,1H3,(H,21,25). The number of hydroxylamine groups is 2. The van der Waals surface area contributed by atoms with E-state index in [2.05, 4.69) is 22.1 Å². The molecule has 1 aromatic rings. The van der Waals surface area contributed by atoms with Gasteiger partial charge in [0.05, 0.1) is 11.2 Å². The van der Waals surface area contributed by atoms with Crippen LogP contribution in [-0.2, 0) is 17.7 Å². The Balaban J connectivity index is 1.32. The van der Waals surface area contributed by atoms with Crippen molar-refractivity contribution >= 4 is 17.4 Å². The molecule has 1 N–H and O–H groups in total. The molecule has 1 unspecified atom stereocenters. The molecule has 6 nitrogen and oxygen atoms in total. The number of aromatic nitrogens is 1. The van der Waals surface area contributed by atoms with Crippen molar-refractivity contribution in [3.8, 4) is 0 Å². The van der Waals surface area contributed by atoms with Crippen LogP contribution in [0.2, 0.25) is 0 Å². The van der Waals surface area contributed by atoms with Crippen molar-refractivity contribution in [3.63, 3.8) is 0 Å². The smallest absolute Gasteiger partial charge is 0.351 e. The van der Waals surface area contributed by atoms with E-state index in [1.807, 2.05) is 16.8 Å². The van der Waals surface area contributed by atoms with Crippen LogP contribution in [0, 0.1) is 0 Å². The molecular weight excluding hydrogens is 360 g/mol. The van der Waals surface area contributed by atoms with Crippen LogP contribution in [-0.4, -0.2) is 59.8 Å². The molecule has 1 atom stereocenters. The average molecular weight is 395 g/mol. The zero-order chi connectivity index (χ0) is 18.9. The molecule has 2 aliphatic rings. The fraction of sp³-hybridized carbons (Fsp3) is 0.800. The molecule has 0 aromatic carbocycles. The summed E-state index contributed by atoms with van der Waals surface area (Å²) in [6.45, 7) is 6.94. The van der Waals surface area contributed by atoms with Gasteiger partial charge >= 0.3 is 6.09 Å². The molecule has 27 heavy (non-hydrogen) atoms. The van der Waals surface area contributed by atoms with Gasteiger partial charge in [-0.05, 0) is 64.5 Å². The first-order valence-electron chi connectivity index (χ1n) is 10.6. The molecule has 0 radical (unpaired) electrons. The number of carbonyl (C=O) groups is 1. The number of amides is 1. The number of unbranched alkanes of at least 4 members (excludes halogenated alkanes) is 1. The molecule has 152 valence electrons. The van der Waals surface area contributed by atoms with Gasteiger partial charge in [-0.25, -0.2) is 9.78 Å². The molecule has 1 aliphatic heterocycles. The fourth-order valence-corrected chi connectivity index (χ4v) is 4.98. The number of piperidine rings is 1. The largest absolute Gasteiger partial charge is 0.426 e. The average Bonchev–Trinajstić information content (AvgIpc) is 3.15. The minimum Gasteiger partial charge on any atom is -0.351 e. The molecule has 1 amide bonds. The summed E-state index contributed by atoms with van der Waals surface area (Å²) in [5.41, 5.74) is 3.32. The number of nitrogens with zero attached hydrogens (tertiary/aromatic N) is 3. The van der Waals surface area contributed by atoms with Gasteiger partial charge in [0.25, 0.3) is 0 Å². The lowest BCUT2D eigenvalue weighted by molar-refractivity contribution is -0.110. The molecule has 0 bridgehead atoms. The number of carbonyl (C=O) groups excluding carboxylic acids is 1. The van der Waals surface area contributed by atoms with Gasteiger partial charge in [0.2, 0.25) is 0 Å². The van der Waals surface area contributed by atoms with Gasteiger partial charge < -0.3 is 15.1 Å². The van der Waals surface area contributed by atoms with Crippen molar-refractivity contribution in [1.29, 1.82) is 0 Å². The Bertz CT molecular complexity index is 574. The summed E-state index contributed by atoms with van der Waals surface area (Å²) < 4.78 is 0. The summed E-state index contributed by atoms with van der Waals surface area (Å²) in [5, 5.41) is 4.69. The molecule has 1 aliphatic carbocycles. The van der Waals surface area contributed by atoms with Gasteiger partial charge in [0.15, 0.2) is 0 Å². The van der Waals surface area contributed by atoms with E-state index in [1.54, 1.807) is 5.06 Å². The summed E-state index contributed by atoms with van der Waals surface area (Å²) in [6.07, 6.45) is 9.95. The summed E-state index contributed by atoms with van der Waals surface area (Å²) in [5.74, 6) is 0. The topological polar surface area (TPSA) is 57.7 Å².